The van der Waals surface area contributed by atoms with Crippen molar-refractivity contribution in [2.75, 3.05) is 13.2 Å². The Bertz CT molecular complexity index is 999. The lowest BCUT2D eigenvalue weighted by Crippen LogP contribution is -2.44. The minimum Gasteiger partial charge on any atom is -0.452 e. The van der Waals surface area contributed by atoms with Crippen molar-refractivity contribution >= 4 is 45.2 Å². The Morgan fingerprint density at radius 2 is 1.97 bits per heavy atom. The third kappa shape index (κ3) is 5.02. The van der Waals surface area contributed by atoms with Crippen molar-refractivity contribution in [2.24, 2.45) is 0 Å². The van der Waals surface area contributed by atoms with Crippen LogP contribution in [0.15, 0.2) is 52.9 Å². The number of fused-ring (bicyclic) bond motifs is 1. The Balaban J connectivity index is 1.28. The molecular weight excluding hydrogens is 416 g/mol. The number of hydrogen-bond acceptors (Lipinski definition) is 6. The number of carbonyl (C=O) groups is 2. The van der Waals surface area contributed by atoms with Gasteiger partial charge in [-0.2, -0.15) is 0 Å². The van der Waals surface area contributed by atoms with E-state index in [-0.39, 0.29) is 18.6 Å². The minimum absolute atomic E-state index is 0.112. The van der Waals surface area contributed by atoms with Crippen LogP contribution in [0.25, 0.3) is 10.2 Å². The third-order valence-corrected chi connectivity index (χ3v) is 7.53. The van der Waals surface area contributed by atoms with Gasteiger partial charge >= 0.3 is 5.97 Å². The molecule has 7 heteroatoms. The number of ether oxygens (including phenoxy) is 1. The highest BCUT2D eigenvalue weighted by Crippen LogP contribution is 2.31. The molecule has 2 heterocycles. The number of aromatic nitrogens is 1. The number of carbonyl (C=O) groups excluding carboxylic acids is 2. The van der Waals surface area contributed by atoms with Gasteiger partial charge in [-0.1, -0.05) is 36.0 Å². The van der Waals surface area contributed by atoms with E-state index < -0.39 is 5.97 Å². The summed E-state index contributed by atoms with van der Waals surface area (Å²) in [6.07, 6.45) is 3.17. The molecule has 1 fully saturated rings. The maximum Gasteiger partial charge on any atom is 0.338 e. The zero-order valence-electron chi connectivity index (χ0n) is 16.9. The summed E-state index contributed by atoms with van der Waals surface area (Å²) in [5.74, 6) is 0.207. The Hall–Kier alpha value is -2.38. The lowest BCUT2D eigenvalue weighted by atomic mass is 10.0. The molecule has 0 unspecified atom stereocenters. The molecule has 1 atom stereocenters. The standard InChI is InChI=1S/C23H24N2O3S2/c1-16-6-4-5-13-25(16)21(26)14-28-22(27)18-11-9-17(10-12-18)15-29-23-24-19-7-2-3-8-20(19)30-23/h2-3,7-12,16H,4-6,13-15H2,1H3/t16-/m1/s1. The molecule has 1 aliphatic heterocycles. The van der Waals surface area contributed by atoms with Crippen LogP contribution in [-0.4, -0.2) is 41.0 Å². The highest BCUT2D eigenvalue weighted by molar-refractivity contribution is 8.00. The SMILES string of the molecule is C[C@@H]1CCCCN1C(=O)COC(=O)c1ccc(CSc2nc3ccccc3s2)cc1. The van der Waals surface area contributed by atoms with E-state index in [1.54, 1.807) is 35.2 Å². The minimum atomic E-state index is -0.460. The molecule has 4 rings (SSSR count). The van der Waals surface area contributed by atoms with Crippen LogP contribution in [0, 0.1) is 0 Å². The van der Waals surface area contributed by atoms with Gasteiger partial charge in [0.25, 0.3) is 5.91 Å². The van der Waals surface area contributed by atoms with Crippen LogP contribution >= 0.6 is 23.1 Å². The predicted octanol–water partition coefficient (Wildman–Crippen LogP) is 5.15. The van der Waals surface area contributed by atoms with E-state index in [1.807, 2.05) is 42.2 Å². The van der Waals surface area contributed by atoms with Gasteiger partial charge in [0, 0.05) is 18.3 Å². The summed E-state index contributed by atoms with van der Waals surface area (Å²) < 4.78 is 7.47. The Morgan fingerprint density at radius 3 is 2.73 bits per heavy atom. The molecule has 1 saturated heterocycles. The van der Waals surface area contributed by atoms with Gasteiger partial charge in [0.05, 0.1) is 15.8 Å². The molecule has 5 nitrogen and oxygen atoms in total. The molecule has 1 aromatic heterocycles. The maximum atomic E-state index is 12.3. The maximum absolute atomic E-state index is 12.3. The van der Waals surface area contributed by atoms with E-state index >= 15 is 0 Å². The summed E-state index contributed by atoms with van der Waals surface area (Å²) in [5, 5.41) is 0. The van der Waals surface area contributed by atoms with E-state index in [2.05, 4.69) is 11.1 Å². The number of rotatable bonds is 6. The van der Waals surface area contributed by atoms with Crippen molar-refractivity contribution in [3.63, 3.8) is 0 Å². The highest BCUT2D eigenvalue weighted by atomic mass is 32.2. The van der Waals surface area contributed by atoms with Crippen LogP contribution in [0.2, 0.25) is 0 Å². The first-order valence-corrected chi connectivity index (χ1v) is 11.9. The first-order valence-electron chi connectivity index (χ1n) is 10.1. The molecule has 2 aromatic carbocycles. The van der Waals surface area contributed by atoms with Crippen molar-refractivity contribution in [3.8, 4) is 0 Å². The van der Waals surface area contributed by atoms with E-state index in [0.717, 1.165) is 47.0 Å². The molecule has 30 heavy (non-hydrogen) atoms. The molecule has 0 bridgehead atoms. The highest BCUT2D eigenvalue weighted by Gasteiger charge is 2.24. The third-order valence-electron chi connectivity index (χ3n) is 5.28. The van der Waals surface area contributed by atoms with Gasteiger partial charge < -0.3 is 9.64 Å². The number of thiazole rings is 1. The number of benzene rings is 2. The van der Waals surface area contributed by atoms with Crippen molar-refractivity contribution in [1.29, 1.82) is 0 Å². The largest absolute Gasteiger partial charge is 0.452 e. The second-order valence-electron chi connectivity index (χ2n) is 7.44. The number of hydrogen-bond donors (Lipinski definition) is 0. The number of piperidine rings is 1. The number of para-hydroxylation sites is 1. The van der Waals surface area contributed by atoms with Gasteiger partial charge in [-0.05, 0) is 56.0 Å². The van der Waals surface area contributed by atoms with E-state index in [4.69, 9.17) is 4.74 Å². The van der Waals surface area contributed by atoms with Crippen LogP contribution in [0.3, 0.4) is 0 Å². The van der Waals surface area contributed by atoms with Gasteiger partial charge in [0.2, 0.25) is 0 Å². The number of amides is 1. The van der Waals surface area contributed by atoms with Gasteiger partial charge in [0.1, 0.15) is 0 Å². The molecule has 0 aliphatic carbocycles. The first kappa shape index (κ1) is 20.9. The fraction of sp³-hybridized carbons (Fsp3) is 0.348. The van der Waals surface area contributed by atoms with E-state index in [1.165, 1.54) is 4.70 Å². The molecule has 0 spiro atoms. The monoisotopic (exact) mass is 440 g/mol. The lowest BCUT2D eigenvalue weighted by molar-refractivity contribution is -0.137. The summed E-state index contributed by atoms with van der Waals surface area (Å²) >= 11 is 3.37. The summed E-state index contributed by atoms with van der Waals surface area (Å²) in [6.45, 7) is 2.60. The molecule has 1 aliphatic rings. The quantitative estimate of drug-likeness (QED) is 0.392. The van der Waals surface area contributed by atoms with Gasteiger partial charge in [-0.15, -0.1) is 11.3 Å². The molecule has 0 radical (unpaired) electrons. The van der Waals surface area contributed by atoms with Crippen LogP contribution in [-0.2, 0) is 15.3 Å². The smallest absolute Gasteiger partial charge is 0.338 e. The van der Waals surface area contributed by atoms with Crippen LogP contribution in [0.4, 0.5) is 0 Å². The normalized spacial score (nSPS) is 16.6. The zero-order chi connectivity index (χ0) is 20.9. The molecule has 156 valence electrons. The summed E-state index contributed by atoms with van der Waals surface area (Å²) in [5.41, 5.74) is 2.59. The number of nitrogens with zero attached hydrogens (tertiary/aromatic N) is 2. The van der Waals surface area contributed by atoms with Crippen molar-refractivity contribution in [1.82, 2.24) is 9.88 Å². The van der Waals surface area contributed by atoms with Crippen molar-refractivity contribution in [2.45, 2.75) is 42.3 Å². The second-order valence-corrected chi connectivity index (χ2v) is 9.69. The predicted molar refractivity (Wildman–Crippen MR) is 121 cm³/mol. The second kappa shape index (κ2) is 9.62. The Kier molecular flexibility index (Phi) is 6.69. The fourth-order valence-corrected chi connectivity index (χ4v) is 5.58. The zero-order valence-corrected chi connectivity index (χ0v) is 18.5. The van der Waals surface area contributed by atoms with Crippen molar-refractivity contribution in [3.05, 3.63) is 59.7 Å². The molecule has 3 aromatic rings. The summed E-state index contributed by atoms with van der Waals surface area (Å²) in [6, 6.07) is 15.7. The molecular formula is C23H24N2O3S2. The van der Waals surface area contributed by atoms with Crippen LogP contribution in [0.1, 0.15) is 42.1 Å². The topological polar surface area (TPSA) is 59.5 Å². The summed E-state index contributed by atoms with van der Waals surface area (Å²) in [4.78, 5) is 31.1. The lowest BCUT2D eigenvalue weighted by Gasteiger charge is -2.33. The number of esters is 1. The Morgan fingerprint density at radius 1 is 1.17 bits per heavy atom. The molecule has 0 saturated carbocycles. The molecule has 0 N–H and O–H groups in total. The van der Waals surface area contributed by atoms with Crippen molar-refractivity contribution < 1.29 is 14.3 Å². The van der Waals surface area contributed by atoms with Gasteiger partial charge in [-0.25, -0.2) is 9.78 Å². The average Bonchev–Trinajstić information content (AvgIpc) is 3.19. The molecule has 1 amide bonds. The fourth-order valence-electron chi connectivity index (χ4n) is 3.56. The Labute approximate surface area is 184 Å². The van der Waals surface area contributed by atoms with E-state index in [9.17, 15) is 9.59 Å². The van der Waals surface area contributed by atoms with Crippen LogP contribution < -0.4 is 0 Å². The van der Waals surface area contributed by atoms with Gasteiger partial charge in [-0.3, -0.25) is 4.79 Å². The first-order chi connectivity index (χ1) is 14.6. The van der Waals surface area contributed by atoms with Gasteiger partial charge in [0.15, 0.2) is 10.9 Å². The average molecular weight is 441 g/mol. The van der Waals surface area contributed by atoms with Crippen LogP contribution in [0.5, 0.6) is 0 Å². The summed E-state index contributed by atoms with van der Waals surface area (Å²) in [7, 11) is 0. The number of likely N-dealkylation sites (tertiary alicyclic amines) is 1. The number of thioether (sulfide) groups is 1. The van der Waals surface area contributed by atoms with E-state index in [0.29, 0.717) is 5.56 Å².